The fourth-order valence-electron chi connectivity index (χ4n) is 1.43. The third-order valence-electron chi connectivity index (χ3n) is 2.73. The van der Waals surface area contributed by atoms with Gasteiger partial charge in [0.1, 0.15) is 0 Å². The number of benzene rings is 1. The topological polar surface area (TPSA) is 104 Å². The van der Waals surface area contributed by atoms with Crippen LogP contribution in [0, 0.1) is 6.92 Å². The van der Waals surface area contributed by atoms with E-state index in [4.69, 9.17) is 5.11 Å². The average molecular weight is 287 g/mol. The van der Waals surface area contributed by atoms with Gasteiger partial charge in [0.2, 0.25) is 10.0 Å². The summed E-state index contributed by atoms with van der Waals surface area (Å²) in [5, 5.41) is 18.3. The standard InChI is InChI=1S/C12H17NO5S/c1-3-9(14)7-13-19(17,18)10-5-4-8(2)11(6-10)12(15)16/h4-6,9,13-14H,3,7H2,1-2H3,(H,15,16). The molecule has 0 bridgehead atoms. The number of carbonyl (C=O) groups is 1. The molecule has 0 aromatic heterocycles. The lowest BCUT2D eigenvalue weighted by molar-refractivity contribution is 0.0696. The predicted molar refractivity (Wildman–Crippen MR) is 69.6 cm³/mol. The first-order valence-corrected chi connectivity index (χ1v) is 7.28. The molecule has 1 aromatic carbocycles. The maximum absolute atomic E-state index is 11.9. The summed E-state index contributed by atoms with van der Waals surface area (Å²) < 4.78 is 26.1. The van der Waals surface area contributed by atoms with Crippen molar-refractivity contribution in [2.75, 3.05) is 6.54 Å². The van der Waals surface area contributed by atoms with Gasteiger partial charge in [-0.05, 0) is 31.0 Å². The number of rotatable bonds is 6. The van der Waals surface area contributed by atoms with Gasteiger partial charge in [-0.1, -0.05) is 13.0 Å². The quantitative estimate of drug-likeness (QED) is 0.716. The molecule has 1 atom stereocenters. The van der Waals surface area contributed by atoms with Gasteiger partial charge in [-0.3, -0.25) is 0 Å². The monoisotopic (exact) mass is 287 g/mol. The second-order valence-corrected chi connectivity index (χ2v) is 5.96. The van der Waals surface area contributed by atoms with Gasteiger partial charge in [0.25, 0.3) is 0 Å². The van der Waals surface area contributed by atoms with Crippen molar-refractivity contribution in [1.29, 1.82) is 0 Å². The molecule has 0 radical (unpaired) electrons. The summed E-state index contributed by atoms with van der Waals surface area (Å²) in [6.45, 7) is 3.22. The van der Waals surface area contributed by atoms with E-state index in [0.29, 0.717) is 12.0 Å². The number of carboxylic acids is 1. The fraction of sp³-hybridized carbons (Fsp3) is 0.417. The van der Waals surface area contributed by atoms with E-state index in [0.717, 1.165) is 6.07 Å². The summed E-state index contributed by atoms with van der Waals surface area (Å²) in [7, 11) is -3.81. The molecule has 0 spiro atoms. The Bertz CT molecular complexity index is 567. The first-order chi connectivity index (χ1) is 8.77. The van der Waals surface area contributed by atoms with Gasteiger partial charge in [0, 0.05) is 6.54 Å². The first-order valence-electron chi connectivity index (χ1n) is 5.79. The van der Waals surface area contributed by atoms with Crippen LogP contribution in [0.1, 0.15) is 29.3 Å². The van der Waals surface area contributed by atoms with Crippen molar-refractivity contribution in [2.24, 2.45) is 0 Å². The number of hydrogen-bond acceptors (Lipinski definition) is 4. The van der Waals surface area contributed by atoms with Crippen LogP contribution in [0.2, 0.25) is 0 Å². The minimum absolute atomic E-state index is 0.0566. The number of hydrogen-bond donors (Lipinski definition) is 3. The summed E-state index contributed by atoms with van der Waals surface area (Å²) in [4.78, 5) is 10.8. The molecule has 0 heterocycles. The van der Waals surface area contributed by atoms with Crippen LogP contribution in [0.4, 0.5) is 0 Å². The summed E-state index contributed by atoms with van der Waals surface area (Å²) in [5.74, 6) is -1.18. The molecule has 0 aliphatic rings. The van der Waals surface area contributed by atoms with Crippen LogP contribution in [-0.2, 0) is 10.0 Å². The van der Waals surface area contributed by atoms with Crippen LogP contribution in [-0.4, -0.2) is 37.2 Å². The zero-order valence-electron chi connectivity index (χ0n) is 10.8. The number of aromatic carboxylic acids is 1. The van der Waals surface area contributed by atoms with E-state index < -0.39 is 22.1 Å². The van der Waals surface area contributed by atoms with Crippen LogP contribution in [0.15, 0.2) is 23.1 Å². The number of aryl methyl sites for hydroxylation is 1. The molecule has 1 unspecified atom stereocenters. The molecular formula is C12H17NO5S. The maximum Gasteiger partial charge on any atom is 0.335 e. The molecule has 0 amide bonds. The summed E-state index contributed by atoms with van der Waals surface area (Å²) in [6.07, 6.45) is -0.337. The number of nitrogens with one attached hydrogen (secondary N) is 1. The largest absolute Gasteiger partial charge is 0.478 e. The Kier molecular flexibility index (Phi) is 5.04. The Morgan fingerprint density at radius 1 is 1.42 bits per heavy atom. The minimum Gasteiger partial charge on any atom is -0.478 e. The lowest BCUT2D eigenvalue weighted by Crippen LogP contribution is -2.31. The molecule has 0 saturated carbocycles. The molecule has 19 heavy (non-hydrogen) atoms. The Morgan fingerprint density at radius 3 is 2.58 bits per heavy atom. The van der Waals surface area contributed by atoms with Gasteiger partial charge in [0.15, 0.2) is 0 Å². The highest BCUT2D eigenvalue weighted by molar-refractivity contribution is 7.89. The third-order valence-corrected chi connectivity index (χ3v) is 4.15. The first kappa shape index (κ1) is 15.6. The molecule has 1 aromatic rings. The highest BCUT2D eigenvalue weighted by atomic mass is 32.2. The smallest absolute Gasteiger partial charge is 0.335 e. The molecule has 7 heteroatoms. The van der Waals surface area contributed by atoms with E-state index in [1.54, 1.807) is 13.8 Å². The molecule has 0 saturated heterocycles. The zero-order valence-corrected chi connectivity index (χ0v) is 11.6. The van der Waals surface area contributed by atoms with E-state index in [1.807, 2.05) is 0 Å². The van der Waals surface area contributed by atoms with Crippen molar-refractivity contribution in [2.45, 2.75) is 31.3 Å². The van der Waals surface area contributed by atoms with Crippen molar-refractivity contribution < 1.29 is 23.4 Å². The summed E-state index contributed by atoms with van der Waals surface area (Å²) >= 11 is 0. The highest BCUT2D eigenvalue weighted by Gasteiger charge is 2.18. The average Bonchev–Trinajstić information content (AvgIpc) is 2.35. The van der Waals surface area contributed by atoms with Gasteiger partial charge in [-0.25, -0.2) is 17.9 Å². The van der Waals surface area contributed by atoms with Crippen LogP contribution in [0.5, 0.6) is 0 Å². The Hall–Kier alpha value is -1.44. The number of aliphatic hydroxyl groups excluding tert-OH is 1. The van der Waals surface area contributed by atoms with Crippen LogP contribution in [0.25, 0.3) is 0 Å². The van der Waals surface area contributed by atoms with E-state index in [-0.39, 0.29) is 17.0 Å². The van der Waals surface area contributed by atoms with E-state index >= 15 is 0 Å². The summed E-state index contributed by atoms with van der Waals surface area (Å²) in [6, 6.07) is 3.88. The van der Waals surface area contributed by atoms with Gasteiger partial charge >= 0.3 is 5.97 Å². The fourth-order valence-corrected chi connectivity index (χ4v) is 2.53. The Balaban J connectivity index is 3.02. The van der Waals surface area contributed by atoms with Crippen molar-refractivity contribution >= 4 is 16.0 Å². The lowest BCUT2D eigenvalue weighted by atomic mass is 10.1. The third kappa shape index (κ3) is 4.02. The molecule has 0 fully saturated rings. The lowest BCUT2D eigenvalue weighted by Gasteiger charge is -2.11. The van der Waals surface area contributed by atoms with E-state index in [9.17, 15) is 18.3 Å². The van der Waals surface area contributed by atoms with Crippen LogP contribution < -0.4 is 4.72 Å². The van der Waals surface area contributed by atoms with Crippen molar-refractivity contribution in [3.05, 3.63) is 29.3 Å². The van der Waals surface area contributed by atoms with Crippen LogP contribution in [0.3, 0.4) is 0 Å². The van der Waals surface area contributed by atoms with Gasteiger partial charge in [-0.15, -0.1) is 0 Å². The van der Waals surface area contributed by atoms with Crippen molar-refractivity contribution in [3.8, 4) is 0 Å². The van der Waals surface area contributed by atoms with Gasteiger partial charge in [-0.2, -0.15) is 0 Å². The molecule has 106 valence electrons. The normalized spacial score (nSPS) is 13.2. The SMILES string of the molecule is CCC(O)CNS(=O)(=O)c1ccc(C)c(C(=O)O)c1. The van der Waals surface area contributed by atoms with E-state index in [2.05, 4.69) is 4.72 Å². The maximum atomic E-state index is 11.9. The van der Waals surface area contributed by atoms with Gasteiger partial charge in [0.05, 0.1) is 16.6 Å². The molecule has 0 aliphatic heterocycles. The molecule has 1 rings (SSSR count). The predicted octanol–water partition coefficient (Wildman–Crippen LogP) is 0.742. The number of sulfonamides is 1. The highest BCUT2D eigenvalue weighted by Crippen LogP contribution is 2.15. The molecular weight excluding hydrogens is 270 g/mol. The molecule has 3 N–H and O–H groups in total. The Labute approximate surface area is 112 Å². The number of carboxylic acid groups (broad SMARTS) is 1. The van der Waals surface area contributed by atoms with Gasteiger partial charge < -0.3 is 10.2 Å². The Morgan fingerprint density at radius 2 is 2.05 bits per heavy atom. The number of aliphatic hydroxyl groups is 1. The second kappa shape index (κ2) is 6.14. The minimum atomic E-state index is -3.81. The van der Waals surface area contributed by atoms with Crippen molar-refractivity contribution in [1.82, 2.24) is 4.72 Å². The van der Waals surface area contributed by atoms with Crippen molar-refractivity contribution in [3.63, 3.8) is 0 Å². The van der Waals surface area contributed by atoms with Crippen LogP contribution >= 0.6 is 0 Å². The summed E-state index contributed by atoms with van der Waals surface area (Å²) in [5.41, 5.74) is 0.430. The van der Waals surface area contributed by atoms with E-state index in [1.165, 1.54) is 12.1 Å². The zero-order chi connectivity index (χ0) is 14.6. The second-order valence-electron chi connectivity index (χ2n) is 4.20. The molecule has 0 aliphatic carbocycles. The molecule has 6 nitrogen and oxygen atoms in total.